The highest BCUT2D eigenvalue weighted by atomic mass is 35.5. The Hall–Kier alpha value is -4.68. The molecule has 4 heterocycles. The summed E-state index contributed by atoms with van der Waals surface area (Å²) in [7, 11) is 1.60. The van der Waals surface area contributed by atoms with E-state index in [0.717, 1.165) is 0 Å². The summed E-state index contributed by atoms with van der Waals surface area (Å²) in [5.41, 5.74) is 1.73. The summed E-state index contributed by atoms with van der Waals surface area (Å²) in [5, 5.41) is 20.0. The van der Waals surface area contributed by atoms with Crippen molar-refractivity contribution >= 4 is 52.0 Å². The molecule has 1 aromatic carbocycles. The van der Waals surface area contributed by atoms with Crippen molar-refractivity contribution in [2.24, 2.45) is 7.05 Å². The van der Waals surface area contributed by atoms with Crippen LogP contribution in [-0.2, 0) is 20.1 Å². The van der Waals surface area contributed by atoms with E-state index in [4.69, 9.17) is 33.0 Å². The lowest BCUT2D eigenvalue weighted by Gasteiger charge is -2.13. The molecule has 0 unspecified atom stereocenters. The zero-order valence-electron chi connectivity index (χ0n) is 21.2. The van der Waals surface area contributed by atoms with Crippen molar-refractivity contribution in [1.29, 1.82) is 0 Å². The zero-order valence-corrected chi connectivity index (χ0v) is 22.7. The summed E-state index contributed by atoms with van der Waals surface area (Å²) < 4.78 is 8.87. The number of nitrogens with one attached hydrogen (secondary N) is 2. The first-order valence-electron chi connectivity index (χ1n) is 12.0. The molecule has 5 aromatic rings. The summed E-state index contributed by atoms with van der Waals surface area (Å²) in [6.45, 7) is 2.54. The molecule has 3 N–H and O–H groups in total. The highest BCUT2D eigenvalue weighted by Crippen LogP contribution is 2.34. The van der Waals surface area contributed by atoms with Gasteiger partial charge in [0, 0.05) is 48.6 Å². The molecule has 4 aromatic heterocycles. The fourth-order valence-corrected chi connectivity index (χ4v) is 4.60. The van der Waals surface area contributed by atoms with E-state index in [-0.39, 0.29) is 23.9 Å². The maximum absolute atomic E-state index is 13.2. The molecule has 0 saturated heterocycles. The summed E-state index contributed by atoms with van der Waals surface area (Å²) in [6, 6.07) is 10.0. The number of carboxylic acid groups (broad SMARTS) is 1. The maximum Gasteiger partial charge on any atom is 0.404 e. The molecule has 204 valence electrons. The van der Waals surface area contributed by atoms with Gasteiger partial charge in [-0.3, -0.25) is 14.0 Å². The lowest BCUT2D eigenvalue weighted by Crippen LogP contribution is -2.21. The molecule has 5 rings (SSSR count). The number of pyridine rings is 2. The van der Waals surface area contributed by atoms with Crippen LogP contribution >= 0.6 is 23.2 Å². The van der Waals surface area contributed by atoms with Crippen molar-refractivity contribution in [3.63, 3.8) is 0 Å². The molecule has 40 heavy (non-hydrogen) atoms. The average molecular weight is 581 g/mol. The minimum atomic E-state index is -1.20. The number of amides is 1. The summed E-state index contributed by atoms with van der Waals surface area (Å²) >= 11 is 12.7. The van der Waals surface area contributed by atoms with Crippen LogP contribution in [0, 0.1) is 0 Å². The van der Waals surface area contributed by atoms with Crippen LogP contribution in [0.15, 0.2) is 59.8 Å². The first kappa shape index (κ1) is 26.9. The van der Waals surface area contributed by atoms with Gasteiger partial charge in [-0.05, 0) is 31.2 Å². The number of ether oxygens (including phenoxy) is 1. The van der Waals surface area contributed by atoms with E-state index in [1.807, 2.05) is 6.92 Å². The first-order chi connectivity index (χ1) is 19.2. The normalized spacial score (nSPS) is 11.0. The van der Waals surface area contributed by atoms with Gasteiger partial charge in [-0.15, -0.1) is 5.10 Å². The lowest BCUT2D eigenvalue weighted by molar-refractivity contribution is 0.194. The molecule has 0 fully saturated rings. The molecular formula is C26H22Cl2N8O4. The van der Waals surface area contributed by atoms with Crippen molar-refractivity contribution in [3.05, 3.63) is 81.0 Å². The average Bonchev–Trinajstić information content (AvgIpc) is 3.39. The molecule has 14 heteroatoms. The molecule has 0 aliphatic rings. The van der Waals surface area contributed by atoms with Crippen molar-refractivity contribution in [3.8, 4) is 22.9 Å². The molecule has 0 atom stereocenters. The third kappa shape index (κ3) is 5.53. The SMILES string of the molecule is CCn1ccc(Oc2ncc(Nc3ncc4cc(-c5c(Cl)cccc5Cl)c(=O)n(C)c4n3)cc2CNC(=O)O)n1. The second-order valence-electron chi connectivity index (χ2n) is 8.58. The number of nitrogens with zero attached hydrogens (tertiary/aromatic N) is 6. The van der Waals surface area contributed by atoms with Gasteiger partial charge in [-0.1, -0.05) is 29.3 Å². The zero-order chi connectivity index (χ0) is 28.4. The number of rotatable bonds is 8. The van der Waals surface area contributed by atoms with Crippen LogP contribution < -0.4 is 20.9 Å². The first-order valence-corrected chi connectivity index (χ1v) is 12.7. The number of aromatic nitrogens is 6. The number of carbonyl (C=O) groups is 1. The standard InChI is InChI=1S/C26H22Cl2N8O4/c1-3-36-8-7-20(34-36)40-23-15(12-31-26(38)39)9-16(13-29-23)32-25-30-11-14-10-17(24(37)35(2)22(14)33-25)21-18(27)5-4-6-19(21)28/h4-11,13,31H,3,12H2,1-2H3,(H,38,39)(H,30,32,33). The third-order valence-corrected chi connectivity index (χ3v) is 6.56. The van der Waals surface area contributed by atoms with Crippen LogP contribution in [0.3, 0.4) is 0 Å². The van der Waals surface area contributed by atoms with Crippen LogP contribution in [-0.4, -0.2) is 40.5 Å². The van der Waals surface area contributed by atoms with E-state index in [9.17, 15) is 9.59 Å². The Morgan fingerprint density at radius 2 is 1.90 bits per heavy atom. The minimum Gasteiger partial charge on any atom is -0.465 e. The quantitative estimate of drug-likeness (QED) is 0.224. The number of hydrogen-bond acceptors (Lipinski definition) is 8. The predicted molar refractivity (Wildman–Crippen MR) is 151 cm³/mol. The summed E-state index contributed by atoms with van der Waals surface area (Å²) in [4.78, 5) is 37.6. The number of aryl methyl sites for hydroxylation is 2. The number of fused-ring (bicyclic) bond motifs is 1. The van der Waals surface area contributed by atoms with Gasteiger partial charge >= 0.3 is 6.09 Å². The fraction of sp³-hybridized carbons (Fsp3) is 0.154. The fourth-order valence-electron chi connectivity index (χ4n) is 4.00. The van der Waals surface area contributed by atoms with Crippen molar-refractivity contribution < 1.29 is 14.6 Å². The Bertz CT molecular complexity index is 1780. The largest absolute Gasteiger partial charge is 0.465 e. The molecule has 0 saturated carbocycles. The van der Waals surface area contributed by atoms with Crippen LogP contribution in [0.4, 0.5) is 16.4 Å². The Morgan fingerprint density at radius 3 is 2.60 bits per heavy atom. The van der Waals surface area contributed by atoms with Gasteiger partial charge in [0.25, 0.3) is 5.56 Å². The smallest absolute Gasteiger partial charge is 0.404 e. The van der Waals surface area contributed by atoms with Gasteiger partial charge in [-0.2, -0.15) is 4.98 Å². The van der Waals surface area contributed by atoms with E-state index in [2.05, 4.69) is 30.7 Å². The number of benzene rings is 1. The predicted octanol–water partition coefficient (Wildman–Crippen LogP) is 5.22. The van der Waals surface area contributed by atoms with E-state index in [1.54, 1.807) is 60.5 Å². The topological polar surface area (TPSA) is 149 Å². The third-order valence-electron chi connectivity index (χ3n) is 5.93. The number of halogens is 2. The monoisotopic (exact) mass is 580 g/mol. The molecule has 12 nitrogen and oxygen atoms in total. The van der Waals surface area contributed by atoms with E-state index in [0.29, 0.717) is 55.9 Å². The molecule has 0 aliphatic heterocycles. The van der Waals surface area contributed by atoms with Crippen LogP contribution in [0.2, 0.25) is 10.0 Å². The van der Waals surface area contributed by atoms with Gasteiger partial charge in [-0.25, -0.2) is 14.8 Å². The van der Waals surface area contributed by atoms with E-state index < -0.39 is 6.09 Å². The molecule has 0 radical (unpaired) electrons. The van der Waals surface area contributed by atoms with Crippen molar-refractivity contribution in [2.45, 2.75) is 20.0 Å². The van der Waals surface area contributed by atoms with Gasteiger partial charge in [0.1, 0.15) is 5.65 Å². The highest BCUT2D eigenvalue weighted by molar-refractivity contribution is 6.39. The van der Waals surface area contributed by atoms with Gasteiger partial charge in [0.15, 0.2) is 0 Å². The summed E-state index contributed by atoms with van der Waals surface area (Å²) in [6.07, 6.45) is 3.62. The lowest BCUT2D eigenvalue weighted by atomic mass is 10.1. The second kappa shape index (κ2) is 11.2. The van der Waals surface area contributed by atoms with Crippen LogP contribution in [0.1, 0.15) is 12.5 Å². The maximum atomic E-state index is 13.2. The van der Waals surface area contributed by atoms with Gasteiger partial charge in [0.05, 0.1) is 34.0 Å². The molecule has 0 aliphatic carbocycles. The van der Waals surface area contributed by atoms with E-state index in [1.165, 1.54) is 10.8 Å². The Morgan fingerprint density at radius 1 is 1.12 bits per heavy atom. The Balaban J connectivity index is 1.47. The van der Waals surface area contributed by atoms with E-state index >= 15 is 0 Å². The molecular weight excluding hydrogens is 559 g/mol. The highest BCUT2D eigenvalue weighted by Gasteiger charge is 2.17. The van der Waals surface area contributed by atoms with Gasteiger partial charge < -0.3 is 20.5 Å². The summed E-state index contributed by atoms with van der Waals surface area (Å²) in [5.74, 6) is 0.705. The minimum absolute atomic E-state index is 0.0673. The Labute approximate surface area is 237 Å². The Kier molecular flexibility index (Phi) is 7.54. The molecule has 0 bridgehead atoms. The number of hydrogen-bond donors (Lipinski definition) is 3. The number of anilines is 2. The molecule has 0 spiro atoms. The van der Waals surface area contributed by atoms with Crippen LogP contribution in [0.25, 0.3) is 22.2 Å². The van der Waals surface area contributed by atoms with Crippen molar-refractivity contribution in [1.82, 2.24) is 34.6 Å². The van der Waals surface area contributed by atoms with Gasteiger partial charge in [0.2, 0.25) is 17.7 Å². The molecule has 1 amide bonds. The second-order valence-corrected chi connectivity index (χ2v) is 9.39. The van der Waals surface area contributed by atoms with Crippen molar-refractivity contribution in [2.75, 3.05) is 5.32 Å². The van der Waals surface area contributed by atoms with Crippen LogP contribution in [0.5, 0.6) is 11.8 Å².